The molecule has 1 fully saturated rings. The highest BCUT2D eigenvalue weighted by molar-refractivity contribution is 8.00. The van der Waals surface area contributed by atoms with E-state index >= 15 is 0 Å². The summed E-state index contributed by atoms with van der Waals surface area (Å²) < 4.78 is 7.21. The van der Waals surface area contributed by atoms with Gasteiger partial charge in [-0.15, -0.1) is 5.10 Å². The standard InChI is InChI=1S/C17H23N5O2S/c1-11-7-12(2)9-14(8-11)22-17(19-20-21-22)25-13(3)16(23)18-10-15-5-4-6-24-15/h7-9,13,15H,4-6,10H2,1-3H3,(H,18,23)/t13-,15-/m0/s1. The highest BCUT2D eigenvalue weighted by atomic mass is 32.2. The maximum absolute atomic E-state index is 12.3. The number of tetrazole rings is 1. The second-order valence-electron chi connectivity index (χ2n) is 6.36. The van der Waals surface area contributed by atoms with Crippen LogP contribution >= 0.6 is 11.8 Å². The lowest BCUT2D eigenvalue weighted by atomic mass is 10.1. The summed E-state index contributed by atoms with van der Waals surface area (Å²) >= 11 is 1.35. The molecule has 1 aliphatic heterocycles. The number of benzene rings is 1. The van der Waals surface area contributed by atoms with Crippen molar-refractivity contribution in [2.45, 2.75) is 50.1 Å². The molecule has 134 valence electrons. The molecule has 1 aromatic carbocycles. The number of ether oxygens (including phenoxy) is 1. The van der Waals surface area contributed by atoms with E-state index in [1.165, 1.54) is 11.8 Å². The molecule has 25 heavy (non-hydrogen) atoms. The van der Waals surface area contributed by atoms with Crippen LogP contribution in [-0.4, -0.2) is 50.6 Å². The molecular weight excluding hydrogens is 338 g/mol. The minimum atomic E-state index is -0.294. The van der Waals surface area contributed by atoms with Crippen LogP contribution in [0.3, 0.4) is 0 Å². The van der Waals surface area contributed by atoms with Crippen LogP contribution in [0.5, 0.6) is 0 Å². The molecule has 0 unspecified atom stereocenters. The van der Waals surface area contributed by atoms with Crippen molar-refractivity contribution in [1.82, 2.24) is 25.5 Å². The number of amides is 1. The van der Waals surface area contributed by atoms with Gasteiger partial charge in [0.25, 0.3) is 0 Å². The zero-order valence-corrected chi connectivity index (χ0v) is 15.5. The first-order valence-electron chi connectivity index (χ1n) is 8.46. The van der Waals surface area contributed by atoms with Crippen LogP contribution in [0.15, 0.2) is 23.4 Å². The van der Waals surface area contributed by atoms with Crippen molar-refractivity contribution < 1.29 is 9.53 Å². The molecule has 0 saturated carbocycles. The van der Waals surface area contributed by atoms with Gasteiger partial charge in [-0.2, -0.15) is 4.68 Å². The number of aryl methyl sites for hydroxylation is 2. The van der Waals surface area contributed by atoms with E-state index in [1.54, 1.807) is 4.68 Å². The minimum absolute atomic E-state index is 0.0320. The average molecular weight is 361 g/mol. The largest absolute Gasteiger partial charge is 0.376 e. The fourth-order valence-electron chi connectivity index (χ4n) is 2.86. The Morgan fingerprint density at radius 1 is 1.40 bits per heavy atom. The summed E-state index contributed by atoms with van der Waals surface area (Å²) in [6.45, 7) is 7.28. The van der Waals surface area contributed by atoms with Gasteiger partial charge in [-0.05, 0) is 67.3 Å². The molecule has 0 aliphatic carbocycles. The Bertz CT molecular complexity index is 722. The van der Waals surface area contributed by atoms with Gasteiger partial charge >= 0.3 is 0 Å². The van der Waals surface area contributed by atoms with Crippen LogP contribution in [0.2, 0.25) is 0 Å². The maximum atomic E-state index is 12.3. The minimum Gasteiger partial charge on any atom is -0.376 e. The molecule has 2 atom stereocenters. The number of carbonyl (C=O) groups is 1. The lowest BCUT2D eigenvalue weighted by Gasteiger charge is -2.14. The fraction of sp³-hybridized carbons (Fsp3) is 0.529. The molecule has 0 bridgehead atoms. The average Bonchev–Trinajstić information content (AvgIpc) is 3.23. The van der Waals surface area contributed by atoms with Crippen molar-refractivity contribution in [2.75, 3.05) is 13.2 Å². The number of thioether (sulfide) groups is 1. The number of rotatable bonds is 6. The van der Waals surface area contributed by atoms with Crippen molar-refractivity contribution >= 4 is 17.7 Å². The smallest absolute Gasteiger partial charge is 0.233 e. The lowest BCUT2D eigenvalue weighted by Crippen LogP contribution is -2.36. The zero-order valence-electron chi connectivity index (χ0n) is 14.7. The maximum Gasteiger partial charge on any atom is 0.233 e. The number of carbonyl (C=O) groups excluding carboxylic acids is 1. The van der Waals surface area contributed by atoms with E-state index < -0.39 is 0 Å². The SMILES string of the molecule is Cc1cc(C)cc(-n2nnnc2S[C@@H](C)C(=O)NC[C@@H]2CCCO2)c1. The van der Waals surface area contributed by atoms with Gasteiger partial charge in [-0.1, -0.05) is 17.8 Å². The number of nitrogens with one attached hydrogen (secondary N) is 1. The molecule has 1 aliphatic rings. The van der Waals surface area contributed by atoms with Crippen molar-refractivity contribution in [3.05, 3.63) is 29.3 Å². The van der Waals surface area contributed by atoms with Gasteiger partial charge in [0.1, 0.15) is 0 Å². The molecule has 2 aromatic rings. The van der Waals surface area contributed by atoms with Crippen molar-refractivity contribution in [1.29, 1.82) is 0 Å². The van der Waals surface area contributed by atoms with Crippen LogP contribution in [-0.2, 0) is 9.53 Å². The quantitative estimate of drug-likeness (QED) is 0.793. The Hall–Kier alpha value is -1.93. The molecule has 8 heteroatoms. The predicted molar refractivity (Wildman–Crippen MR) is 95.9 cm³/mol. The van der Waals surface area contributed by atoms with E-state index in [9.17, 15) is 4.79 Å². The molecular formula is C17H23N5O2S. The van der Waals surface area contributed by atoms with Gasteiger partial charge in [0, 0.05) is 13.2 Å². The van der Waals surface area contributed by atoms with Gasteiger partial charge in [0.05, 0.1) is 17.0 Å². The third kappa shape index (κ3) is 4.58. The molecule has 7 nitrogen and oxygen atoms in total. The first-order valence-corrected chi connectivity index (χ1v) is 9.34. The monoisotopic (exact) mass is 361 g/mol. The van der Waals surface area contributed by atoms with E-state index in [0.717, 1.165) is 36.3 Å². The van der Waals surface area contributed by atoms with Gasteiger partial charge in [-0.25, -0.2) is 0 Å². The second kappa shape index (κ2) is 7.97. The van der Waals surface area contributed by atoms with Crippen molar-refractivity contribution in [3.8, 4) is 5.69 Å². The van der Waals surface area contributed by atoms with E-state index in [2.05, 4.69) is 26.9 Å². The summed E-state index contributed by atoms with van der Waals surface area (Å²) in [4.78, 5) is 12.3. The lowest BCUT2D eigenvalue weighted by molar-refractivity contribution is -0.120. The predicted octanol–water partition coefficient (Wildman–Crippen LogP) is 2.05. The third-order valence-corrected chi connectivity index (χ3v) is 5.10. The van der Waals surface area contributed by atoms with Crippen molar-refractivity contribution in [3.63, 3.8) is 0 Å². The number of hydrogen-bond donors (Lipinski definition) is 1. The number of aromatic nitrogens is 4. The first kappa shape index (κ1) is 17.9. The molecule has 1 saturated heterocycles. The summed E-state index contributed by atoms with van der Waals surface area (Å²) in [6, 6.07) is 6.15. The Balaban J connectivity index is 1.64. The van der Waals surface area contributed by atoms with Gasteiger partial charge < -0.3 is 10.1 Å². The van der Waals surface area contributed by atoms with E-state index in [1.807, 2.05) is 32.9 Å². The zero-order chi connectivity index (χ0) is 17.8. The topological polar surface area (TPSA) is 81.9 Å². The van der Waals surface area contributed by atoms with Gasteiger partial charge in [0.2, 0.25) is 11.1 Å². The molecule has 1 amide bonds. The van der Waals surface area contributed by atoms with E-state index in [4.69, 9.17) is 4.74 Å². The summed E-state index contributed by atoms with van der Waals surface area (Å²) in [5, 5.41) is 15.2. The van der Waals surface area contributed by atoms with Crippen LogP contribution in [0.4, 0.5) is 0 Å². The van der Waals surface area contributed by atoms with Crippen LogP contribution in [0.1, 0.15) is 30.9 Å². The molecule has 3 rings (SSSR count). The third-order valence-electron chi connectivity index (χ3n) is 4.07. The molecule has 0 spiro atoms. The Morgan fingerprint density at radius 2 is 2.16 bits per heavy atom. The summed E-state index contributed by atoms with van der Waals surface area (Å²) in [7, 11) is 0. The molecule has 2 heterocycles. The highest BCUT2D eigenvalue weighted by Gasteiger charge is 2.21. The Kier molecular flexibility index (Phi) is 5.70. The first-order chi connectivity index (χ1) is 12.0. The van der Waals surface area contributed by atoms with Crippen LogP contribution in [0, 0.1) is 13.8 Å². The summed E-state index contributed by atoms with van der Waals surface area (Å²) in [5.41, 5.74) is 3.18. The summed E-state index contributed by atoms with van der Waals surface area (Å²) in [5.74, 6) is -0.0320. The fourth-order valence-corrected chi connectivity index (χ4v) is 3.69. The Labute approximate surface area is 151 Å². The number of hydrogen-bond acceptors (Lipinski definition) is 6. The normalized spacial score (nSPS) is 18.3. The molecule has 1 N–H and O–H groups in total. The molecule has 1 aromatic heterocycles. The Morgan fingerprint density at radius 3 is 2.84 bits per heavy atom. The number of nitrogens with zero attached hydrogens (tertiary/aromatic N) is 4. The van der Waals surface area contributed by atoms with Gasteiger partial charge in [0.15, 0.2) is 0 Å². The van der Waals surface area contributed by atoms with Crippen LogP contribution in [0.25, 0.3) is 5.69 Å². The summed E-state index contributed by atoms with van der Waals surface area (Å²) in [6.07, 6.45) is 2.21. The van der Waals surface area contributed by atoms with Crippen molar-refractivity contribution in [2.24, 2.45) is 0 Å². The highest BCUT2D eigenvalue weighted by Crippen LogP contribution is 2.24. The molecule has 0 radical (unpaired) electrons. The van der Waals surface area contributed by atoms with Gasteiger partial charge in [-0.3, -0.25) is 4.79 Å². The van der Waals surface area contributed by atoms with E-state index in [0.29, 0.717) is 11.7 Å². The van der Waals surface area contributed by atoms with E-state index in [-0.39, 0.29) is 17.3 Å². The van der Waals surface area contributed by atoms with Crippen LogP contribution < -0.4 is 5.32 Å². The second-order valence-corrected chi connectivity index (χ2v) is 7.67.